The smallest absolute Gasteiger partial charge is 0.317 e. The van der Waals surface area contributed by atoms with Crippen molar-refractivity contribution in [2.75, 3.05) is 7.11 Å². The molecule has 0 saturated carbocycles. The Labute approximate surface area is 86.7 Å². The summed E-state index contributed by atoms with van der Waals surface area (Å²) in [4.78, 5) is 15.5. The largest absolute Gasteiger partial charge is 0.468 e. The fourth-order valence-electron chi connectivity index (χ4n) is 1.55. The standard InChI is InChI=1S/C9H12N4O2/c1-5-3-7-11-4-6(9(14)15-2)8(10)13(7)12-5/h3-4,6,8H,10H2,1-2H3. The maximum Gasteiger partial charge on any atom is 0.317 e. The zero-order valence-corrected chi connectivity index (χ0v) is 8.54. The summed E-state index contributed by atoms with van der Waals surface area (Å²) in [6, 6.07) is 1.81. The van der Waals surface area contributed by atoms with E-state index in [9.17, 15) is 4.79 Å². The van der Waals surface area contributed by atoms with Crippen molar-refractivity contribution in [3.63, 3.8) is 0 Å². The average Bonchev–Trinajstić information content (AvgIpc) is 2.59. The van der Waals surface area contributed by atoms with Crippen molar-refractivity contribution in [3.05, 3.63) is 11.8 Å². The number of aromatic nitrogens is 2. The molecule has 0 amide bonds. The molecule has 1 aliphatic rings. The molecule has 0 saturated heterocycles. The van der Waals surface area contributed by atoms with Gasteiger partial charge in [-0.05, 0) is 6.92 Å². The van der Waals surface area contributed by atoms with Crippen LogP contribution in [0.2, 0.25) is 0 Å². The van der Waals surface area contributed by atoms with E-state index in [1.54, 1.807) is 0 Å². The minimum Gasteiger partial charge on any atom is -0.468 e. The molecule has 1 aromatic heterocycles. The first-order valence-electron chi connectivity index (χ1n) is 4.57. The van der Waals surface area contributed by atoms with Gasteiger partial charge in [0.15, 0.2) is 5.82 Å². The number of hydrogen-bond acceptors (Lipinski definition) is 5. The van der Waals surface area contributed by atoms with E-state index in [1.807, 2.05) is 13.0 Å². The number of carbonyl (C=O) groups is 1. The lowest BCUT2D eigenvalue weighted by Crippen LogP contribution is -2.36. The van der Waals surface area contributed by atoms with Gasteiger partial charge in [-0.1, -0.05) is 0 Å². The minimum atomic E-state index is -0.568. The van der Waals surface area contributed by atoms with Crippen LogP contribution in [-0.4, -0.2) is 29.1 Å². The third-order valence-corrected chi connectivity index (χ3v) is 2.33. The van der Waals surface area contributed by atoms with Gasteiger partial charge in [-0.3, -0.25) is 4.79 Å². The second-order valence-corrected chi connectivity index (χ2v) is 3.41. The van der Waals surface area contributed by atoms with Crippen LogP contribution in [0.4, 0.5) is 5.82 Å². The normalized spacial score (nSPS) is 23.7. The Bertz CT molecular complexity index is 424. The first-order chi connectivity index (χ1) is 7.13. The summed E-state index contributed by atoms with van der Waals surface area (Å²) < 4.78 is 6.17. The van der Waals surface area contributed by atoms with Gasteiger partial charge in [0.25, 0.3) is 0 Å². The van der Waals surface area contributed by atoms with Crippen molar-refractivity contribution in [3.8, 4) is 0 Å². The quantitative estimate of drug-likeness (QED) is 0.666. The summed E-state index contributed by atoms with van der Waals surface area (Å²) in [6.45, 7) is 1.85. The van der Waals surface area contributed by atoms with E-state index >= 15 is 0 Å². The van der Waals surface area contributed by atoms with Crippen LogP contribution in [-0.2, 0) is 9.53 Å². The van der Waals surface area contributed by atoms with Crippen LogP contribution >= 0.6 is 0 Å². The fourth-order valence-corrected chi connectivity index (χ4v) is 1.55. The van der Waals surface area contributed by atoms with Crippen LogP contribution in [0, 0.1) is 12.8 Å². The van der Waals surface area contributed by atoms with Gasteiger partial charge >= 0.3 is 5.97 Å². The highest BCUT2D eigenvalue weighted by atomic mass is 16.5. The predicted octanol–water partition coefficient (Wildman–Crippen LogP) is 0.154. The van der Waals surface area contributed by atoms with E-state index in [-0.39, 0.29) is 0 Å². The number of hydrogen-bond donors (Lipinski definition) is 1. The van der Waals surface area contributed by atoms with E-state index < -0.39 is 18.1 Å². The molecule has 0 spiro atoms. The summed E-state index contributed by atoms with van der Waals surface area (Å²) in [7, 11) is 1.33. The predicted molar refractivity (Wildman–Crippen MR) is 53.8 cm³/mol. The summed E-state index contributed by atoms with van der Waals surface area (Å²) in [5.74, 6) is -0.299. The summed E-state index contributed by atoms with van der Waals surface area (Å²) in [5, 5.41) is 4.17. The van der Waals surface area contributed by atoms with Crippen molar-refractivity contribution >= 4 is 18.0 Å². The molecule has 1 aromatic rings. The van der Waals surface area contributed by atoms with Crippen molar-refractivity contribution < 1.29 is 9.53 Å². The first-order valence-corrected chi connectivity index (χ1v) is 4.57. The zero-order chi connectivity index (χ0) is 11.0. The van der Waals surface area contributed by atoms with Gasteiger partial charge < -0.3 is 10.5 Å². The van der Waals surface area contributed by atoms with Crippen LogP contribution in [0.5, 0.6) is 0 Å². The highest BCUT2D eigenvalue weighted by Gasteiger charge is 2.31. The molecular formula is C9H12N4O2. The summed E-state index contributed by atoms with van der Waals surface area (Å²) >= 11 is 0. The second-order valence-electron chi connectivity index (χ2n) is 3.41. The summed E-state index contributed by atoms with van der Waals surface area (Å²) in [6.07, 6.45) is 0.964. The van der Waals surface area contributed by atoms with Gasteiger partial charge in [0.05, 0.1) is 12.8 Å². The third-order valence-electron chi connectivity index (χ3n) is 2.33. The number of carbonyl (C=O) groups excluding carboxylic acids is 1. The lowest BCUT2D eigenvalue weighted by molar-refractivity contribution is -0.144. The van der Waals surface area contributed by atoms with Crippen molar-refractivity contribution in [2.45, 2.75) is 13.1 Å². The Morgan fingerprint density at radius 3 is 3.07 bits per heavy atom. The SMILES string of the molecule is COC(=O)C1C=Nc2cc(C)nn2C1N. The molecule has 2 N–H and O–H groups in total. The monoisotopic (exact) mass is 208 g/mol. The van der Waals surface area contributed by atoms with Crippen LogP contribution < -0.4 is 5.73 Å². The van der Waals surface area contributed by atoms with Crippen LogP contribution in [0.1, 0.15) is 11.9 Å². The Kier molecular flexibility index (Phi) is 2.28. The van der Waals surface area contributed by atoms with Gasteiger partial charge in [0.1, 0.15) is 12.1 Å². The van der Waals surface area contributed by atoms with E-state index in [1.165, 1.54) is 18.0 Å². The Morgan fingerprint density at radius 1 is 1.67 bits per heavy atom. The average molecular weight is 208 g/mol. The molecule has 1 aliphatic heterocycles. The maximum atomic E-state index is 11.4. The van der Waals surface area contributed by atoms with E-state index in [0.717, 1.165) is 5.69 Å². The highest BCUT2D eigenvalue weighted by molar-refractivity contribution is 5.91. The molecule has 2 unspecified atom stereocenters. The number of fused-ring (bicyclic) bond motifs is 1. The van der Waals surface area contributed by atoms with Gasteiger partial charge in [-0.25, -0.2) is 9.67 Å². The number of aliphatic imine (C=N–C) groups is 1. The second kappa shape index (κ2) is 3.47. The lowest BCUT2D eigenvalue weighted by atomic mass is 10.1. The van der Waals surface area contributed by atoms with Crippen LogP contribution in [0.3, 0.4) is 0 Å². The lowest BCUT2D eigenvalue weighted by Gasteiger charge is -2.22. The molecule has 0 bridgehead atoms. The molecule has 0 aromatic carbocycles. The number of methoxy groups -OCH3 is 1. The van der Waals surface area contributed by atoms with Gasteiger partial charge in [0, 0.05) is 12.3 Å². The Balaban J connectivity index is 2.35. The summed E-state index contributed by atoms with van der Waals surface area (Å²) in [5.41, 5.74) is 6.71. The number of ether oxygens (including phenoxy) is 1. The molecule has 2 rings (SSSR count). The van der Waals surface area contributed by atoms with E-state index in [4.69, 9.17) is 5.73 Å². The van der Waals surface area contributed by atoms with Crippen LogP contribution in [0.25, 0.3) is 0 Å². The molecule has 15 heavy (non-hydrogen) atoms. The number of nitrogens with zero attached hydrogens (tertiary/aromatic N) is 3. The number of esters is 1. The molecule has 0 aliphatic carbocycles. The number of rotatable bonds is 1. The number of nitrogens with two attached hydrogens (primary N) is 1. The zero-order valence-electron chi connectivity index (χ0n) is 8.54. The Hall–Kier alpha value is -1.69. The third kappa shape index (κ3) is 1.52. The van der Waals surface area contributed by atoms with Gasteiger partial charge in [-0.2, -0.15) is 5.10 Å². The first kappa shape index (κ1) is 9.85. The molecule has 0 radical (unpaired) electrons. The van der Waals surface area contributed by atoms with Crippen molar-refractivity contribution in [1.29, 1.82) is 0 Å². The molecule has 2 heterocycles. The van der Waals surface area contributed by atoms with Crippen molar-refractivity contribution in [2.24, 2.45) is 16.6 Å². The van der Waals surface area contributed by atoms with Gasteiger partial charge in [-0.15, -0.1) is 0 Å². The molecule has 0 fully saturated rings. The van der Waals surface area contributed by atoms with Gasteiger partial charge in [0.2, 0.25) is 0 Å². The molecule has 80 valence electrons. The van der Waals surface area contributed by atoms with E-state index in [0.29, 0.717) is 5.82 Å². The molecule has 2 atom stereocenters. The highest BCUT2D eigenvalue weighted by Crippen LogP contribution is 2.26. The van der Waals surface area contributed by atoms with Crippen molar-refractivity contribution in [1.82, 2.24) is 9.78 Å². The molecule has 6 nitrogen and oxygen atoms in total. The molecular weight excluding hydrogens is 196 g/mol. The van der Waals surface area contributed by atoms with Crippen LogP contribution in [0.15, 0.2) is 11.1 Å². The Morgan fingerprint density at radius 2 is 2.40 bits per heavy atom. The minimum absolute atomic E-state index is 0.398. The van der Waals surface area contributed by atoms with E-state index in [2.05, 4.69) is 14.8 Å². The topological polar surface area (TPSA) is 82.5 Å². The molecule has 6 heteroatoms. The maximum absolute atomic E-state index is 11.4. The number of aryl methyl sites for hydroxylation is 1. The fraction of sp³-hybridized carbons (Fsp3) is 0.444.